The number of hydrogen-bond acceptors (Lipinski definition) is 4. The lowest BCUT2D eigenvalue weighted by molar-refractivity contribution is 0.767. The van der Waals surface area contributed by atoms with Gasteiger partial charge in [0.25, 0.3) is 0 Å². The summed E-state index contributed by atoms with van der Waals surface area (Å²) in [6.45, 7) is 8.17. The molecule has 5 heteroatoms. The highest BCUT2D eigenvalue weighted by atomic mass is 79.9. The van der Waals surface area contributed by atoms with Crippen LogP contribution in [0.15, 0.2) is 28.7 Å². The molecule has 2 aromatic rings. The predicted molar refractivity (Wildman–Crippen MR) is 91.5 cm³/mol. The van der Waals surface area contributed by atoms with Crippen LogP contribution in [0.5, 0.6) is 0 Å². The Kier molecular flexibility index (Phi) is 4.83. The minimum Gasteiger partial charge on any atom is -0.383 e. The highest BCUT2D eigenvalue weighted by molar-refractivity contribution is 9.10. The number of anilines is 2. The highest BCUT2D eigenvalue weighted by Crippen LogP contribution is 2.26. The lowest BCUT2D eigenvalue weighted by Gasteiger charge is -2.19. The van der Waals surface area contributed by atoms with Crippen molar-refractivity contribution in [2.45, 2.75) is 39.7 Å². The van der Waals surface area contributed by atoms with E-state index in [4.69, 9.17) is 5.73 Å². The number of nitrogens with one attached hydrogen (secondary N) is 1. The molecule has 0 aliphatic rings. The summed E-state index contributed by atoms with van der Waals surface area (Å²) in [6, 6.07) is 8.36. The van der Waals surface area contributed by atoms with E-state index in [1.165, 1.54) is 5.56 Å². The molecule has 1 heterocycles. The van der Waals surface area contributed by atoms with Crippen LogP contribution >= 0.6 is 15.9 Å². The van der Waals surface area contributed by atoms with Gasteiger partial charge in [0.1, 0.15) is 17.5 Å². The molecule has 3 N–H and O–H groups in total. The summed E-state index contributed by atoms with van der Waals surface area (Å²) in [6.07, 6.45) is 0. The zero-order valence-corrected chi connectivity index (χ0v) is 14.4. The summed E-state index contributed by atoms with van der Waals surface area (Å²) >= 11 is 3.50. The Hall–Kier alpha value is -1.62. The largest absolute Gasteiger partial charge is 0.383 e. The Morgan fingerprint density at radius 3 is 2.52 bits per heavy atom. The van der Waals surface area contributed by atoms with Gasteiger partial charge in [0, 0.05) is 22.0 Å². The third-order valence-corrected chi connectivity index (χ3v) is 3.91. The highest BCUT2D eigenvalue weighted by Gasteiger charge is 2.14. The summed E-state index contributed by atoms with van der Waals surface area (Å²) in [7, 11) is 0. The van der Waals surface area contributed by atoms with Crippen LogP contribution in [0.4, 0.5) is 11.6 Å². The minimum atomic E-state index is 0.135. The molecule has 0 fully saturated rings. The van der Waals surface area contributed by atoms with Crippen LogP contribution in [-0.2, 0) is 0 Å². The van der Waals surface area contributed by atoms with E-state index in [0.717, 1.165) is 21.7 Å². The number of rotatable bonds is 4. The molecule has 0 aliphatic carbocycles. The van der Waals surface area contributed by atoms with E-state index in [9.17, 15) is 0 Å². The zero-order valence-electron chi connectivity index (χ0n) is 12.8. The van der Waals surface area contributed by atoms with Gasteiger partial charge in [-0.25, -0.2) is 9.97 Å². The smallest absolute Gasteiger partial charge is 0.135 e. The van der Waals surface area contributed by atoms with Gasteiger partial charge in [0.2, 0.25) is 0 Å². The molecule has 0 spiro atoms. The van der Waals surface area contributed by atoms with Crippen molar-refractivity contribution in [2.75, 3.05) is 11.1 Å². The SMILES string of the molecule is Cc1c(N)nc(C(C)C)nc1NC(C)c1cccc(Br)c1. The van der Waals surface area contributed by atoms with Crippen LogP contribution in [0.3, 0.4) is 0 Å². The Balaban J connectivity index is 2.30. The number of nitrogen functional groups attached to an aromatic ring is 1. The monoisotopic (exact) mass is 348 g/mol. The molecular formula is C16H21BrN4. The second kappa shape index (κ2) is 6.43. The molecule has 0 saturated heterocycles. The van der Waals surface area contributed by atoms with Gasteiger partial charge in [-0.05, 0) is 31.5 Å². The Labute approximate surface area is 134 Å². The van der Waals surface area contributed by atoms with Gasteiger partial charge >= 0.3 is 0 Å². The average molecular weight is 349 g/mol. The Morgan fingerprint density at radius 1 is 1.19 bits per heavy atom. The fourth-order valence-corrected chi connectivity index (χ4v) is 2.43. The first-order chi connectivity index (χ1) is 9.88. The third-order valence-electron chi connectivity index (χ3n) is 3.42. The van der Waals surface area contributed by atoms with Crippen molar-refractivity contribution >= 4 is 27.6 Å². The molecule has 1 atom stereocenters. The van der Waals surface area contributed by atoms with E-state index in [1.54, 1.807) is 0 Å². The summed E-state index contributed by atoms with van der Waals surface area (Å²) < 4.78 is 1.07. The van der Waals surface area contributed by atoms with E-state index in [0.29, 0.717) is 5.82 Å². The summed E-state index contributed by atoms with van der Waals surface area (Å²) in [5.74, 6) is 2.35. The fraction of sp³-hybridized carbons (Fsp3) is 0.375. The van der Waals surface area contributed by atoms with Crippen molar-refractivity contribution < 1.29 is 0 Å². The van der Waals surface area contributed by atoms with Crippen LogP contribution in [-0.4, -0.2) is 9.97 Å². The number of nitrogens with two attached hydrogens (primary N) is 1. The molecule has 1 unspecified atom stereocenters. The maximum Gasteiger partial charge on any atom is 0.135 e. The molecule has 0 saturated carbocycles. The van der Waals surface area contributed by atoms with Crippen LogP contribution in [0.1, 0.15) is 49.7 Å². The van der Waals surface area contributed by atoms with Gasteiger partial charge in [-0.3, -0.25) is 0 Å². The number of aromatic nitrogens is 2. The summed E-state index contributed by atoms with van der Waals surface area (Å²) in [5.41, 5.74) is 8.08. The molecule has 2 rings (SSSR count). The molecule has 21 heavy (non-hydrogen) atoms. The maximum atomic E-state index is 6.00. The van der Waals surface area contributed by atoms with E-state index < -0.39 is 0 Å². The lowest BCUT2D eigenvalue weighted by atomic mass is 10.1. The summed E-state index contributed by atoms with van der Waals surface area (Å²) in [5, 5.41) is 3.44. The zero-order chi connectivity index (χ0) is 15.6. The molecule has 4 nitrogen and oxygen atoms in total. The molecule has 112 valence electrons. The first-order valence-electron chi connectivity index (χ1n) is 7.04. The minimum absolute atomic E-state index is 0.135. The van der Waals surface area contributed by atoms with E-state index in [-0.39, 0.29) is 12.0 Å². The Morgan fingerprint density at radius 2 is 1.90 bits per heavy atom. The number of halogens is 1. The van der Waals surface area contributed by atoms with Crippen molar-refractivity contribution in [3.63, 3.8) is 0 Å². The number of nitrogens with zero attached hydrogens (tertiary/aromatic N) is 2. The summed E-state index contributed by atoms with van der Waals surface area (Å²) in [4.78, 5) is 8.95. The van der Waals surface area contributed by atoms with E-state index in [1.807, 2.05) is 19.1 Å². The van der Waals surface area contributed by atoms with Crippen molar-refractivity contribution in [3.05, 3.63) is 45.7 Å². The van der Waals surface area contributed by atoms with Crippen molar-refractivity contribution in [1.29, 1.82) is 0 Å². The van der Waals surface area contributed by atoms with Crippen molar-refractivity contribution in [3.8, 4) is 0 Å². The molecular weight excluding hydrogens is 328 g/mol. The normalized spacial score (nSPS) is 12.5. The third kappa shape index (κ3) is 3.73. The number of hydrogen-bond donors (Lipinski definition) is 2. The van der Waals surface area contributed by atoms with Crippen molar-refractivity contribution in [1.82, 2.24) is 9.97 Å². The maximum absolute atomic E-state index is 6.00. The molecule has 0 bridgehead atoms. The van der Waals surface area contributed by atoms with E-state index >= 15 is 0 Å². The molecule has 0 radical (unpaired) electrons. The number of benzene rings is 1. The lowest BCUT2D eigenvalue weighted by Crippen LogP contribution is -2.13. The van der Waals surface area contributed by atoms with E-state index in [2.05, 4.69) is 64.1 Å². The van der Waals surface area contributed by atoms with Gasteiger partial charge in [-0.15, -0.1) is 0 Å². The average Bonchev–Trinajstić information content (AvgIpc) is 2.43. The first kappa shape index (κ1) is 15.8. The topological polar surface area (TPSA) is 63.8 Å². The van der Waals surface area contributed by atoms with Crippen molar-refractivity contribution in [2.24, 2.45) is 0 Å². The van der Waals surface area contributed by atoms with Gasteiger partial charge in [0.05, 0.1) is 0 Å². The van der Waals surface area contributed by atoms with Crippen LogP contribution in [0.25, 0.3) is 0 Å². The molecule has 0 amide bonds. The second-order valence-electron chi connectivity index (χ2n) is 5.52. The molecule has 0 aliphatic heterocycles. The fourth-order valence-electron chi connectivity index (χ4n) is 2.02. The first-order valence-corrected chi connectivity index (χ1v) is 7.83. The van der Waals surface area contributed by atoms with Crippen LogP contribution in [0, 0.1) is 6.92 Å². The van der Waals surface area contributed by atoms with Gasteiger partial charge in [-0.2, -0.15) is 0 Å². The van der Waals surface area contributed by atoms with Crippen LogP contribution < -0.4 is 11.1 Å². The second-order valence-corrected chi connectivity index (χ2v) is 6.43. The Bertz CT molecular complexity index is 640. The standard InChI is InChI=1S/C16H21BrN4/c1-9(2)15-20-14(18)10(3)16(21-15)19-11(4)12-6-5-7-13(17)8-12/h5-9,11H,1-4H3,(H3,18,19,20,21). The van der Waals surface area contributed by atoms with Gasteiger partial charge < -0.3 is 11.1 Å². The van der Waals surface area contributed by atoms with Gasteiger partial charge in [0.15, 0.2) is 0 Å². The molecule has 1 aromatic carbocycles. The molecule has 1 aromatic heterocycles. The predicted octanol–water partition coefficient (Wildman–Crippen LogP) is 4.43. The quantitative estimate of drug-likeness (QED) is 0.857. The van der Waals surface area contributed by atoms with Crippen LogP contribution in [0.2, 0.25) is 0 Å². The van der Waals surface area contributed by atoms with Gasteiger partial charge in [-0.1, -0.05) is 41.9 Å².